The molecule has 0 saturated carbocycles. The van der Waals surface area contributed by atoms with E-state index in [0.717, 1.165) is 36.0 Å². The second-order valence-electron chi connectivity index (χ2n) is 6.33. The molecule has 2 aliphatic heterocycles. The molecule has 2 fully saturated rings. The van der Waals surface area contributed by atoms with Crippen LogP contribution < -0.4 is 0 Å². The highest BCUT2D eigenvalue weighted by Crippen LogP contribution is 2.29. The van der Waals surface area contributed by atoms with Crippen molar-refractivity contribution in [1.82, 2.24) is 14.8 Å². The van der Waals surface area contributed by atoms with Crippen molar-refractivity contribution < 1.29 is 4.79 Å². The molecule has 21 heavy (non-hydrogen) atoms. The van der Waals surface area contributed by atoms with Gasteiger partial charge in [-0.3, -0.25) is 9.69 Å². The summed E-state index contributed by atoms with van der Waals surface area (Å²) in [6, 6.07) is 9.12. The molecule has 2 bridgehead atoms. The maximum Gasteiger partial charge on any atom is 0.254 e. The van der Waals surface area contributed by atoms with Crippen LogP contribution in [0.15, 0.2) is 30.5 Å². The molecule has 0 radical (unpaired) electrons. The Kier molecular flexibility index (Phi) is 3.00. The normalized spacial score (nSPS) is 26.2. The fourth-order valence-electron chi connectivity index (χ4n) is 3.94. The molecule has 0 aliphatic carbocycles. The van der Waals surface area contributed by atoms with E-state index in [9.17, 15) is 4.79 Å². The molecule has 2 aliphatic rings. The van der Waals surface area contributed by atoms with Gasteiger partial charge in [0, 0.05) is 47.8 Å². The lowest BCUT2D eigenvalue weighted by Crippen LogP contribution is -2.39. The van der Waals surface area contributed by atoms with Gasteiger partial charge in [-0.25, -0.2) is 0 Å². The Morgan fingerprint density at radius 3 is 2.95 bits per heavy atom. The molecule has 4 heteroatoms. The number of fused-ring (bicyclic) bond motifs is 3. The predicted molar refractivity (Wildman–Crippen MR) is 83.4 cm³/mol. The van der Waals surface area contributed by atoms with E-state index in [2.05, 4.69) is 21.8 Å². The highest BCUT2D eigenvalue weighted by atomic mass is 16.2. The third-order valence-electron chi connectivity index (χ3n) is 5.26. The number of carbonyl (C=O) groups excluding carboxylic acids is 1. The van der Waals surface area contributed by atoms with E-state index in [-0.39, 0.29) is 5.91 Å². The summed E-state index contributed by atoms with van der Waals surface area (Å²) in [5.41, 5.74) is 1.86. The van der Waals surface area contributed by atoms with E-state index in [1.54, 1.807) is 0 Å². The van der Waals surface area contributed by atoms with Crippen LogP contribution >= 0.6 is 0 Å². The SMILES string of the molecule is CN1C2CCC1CN(C(=O)c1cccc3[nH]ccc13)CC2. The van der Waals surface area contributed by atoms with E-state index >= 15 is 0 Å². The molecule has 2 aromatic rings. The molecule has 2 unspecified atom stereocenters. The van der Waals surface area contributed by atoms with Gasteiger partial charge in [0.25, 0.3) is 5.91 Å². The van der Waals surface area contributed by atoms with Crippen LogP contribution in [0, 0.1) is 0 Å². The van der Waals surface area contributed by atoms with Gasteiger partial charge in [0.15, 0.2) is 0 Å². The summed E-state index contributed by atoms with van der Waals surface area (Å²) in [6.07, 6.45) is 5.51. The maximum atomic E-state index is 12.9. The number of aromatic nitrogens is 1. The molecule has 1 amide bonds. The number of nitrogens with one attached hydrogen (secondary N) is 1. The monoisotopic (exact) mass is 283 g/mol. The lowest BCUT2D eigenvalue weighted by atomic mass is 10.1. The average molecular weight is 283 g/mol. The van der Waals surface area contributed by atoms with Gasteiger partial charge < -0.3 is 9.88 Å². The van der Waals surface area contributed by atoms with Crippen LogP contribution in [0.1, 0.15) is 29.6 Å². The van der Waals surface area contributed by atoms with Crippen molar-refractivity contribution >= 4 is 16.8 Å². The van der Waals surface area contributed by atoms with Gasteiger partial charge in [0.1, 0.15) is 0 Å². The minimum atomic E-state index is 0.182. The highest BCUT2D eigenvalue weighted by Gasteiger charge is 2.36. The third kappa shape index (κ3) is 2.05. The molecule has 1 aromatic carbocycles. The van der Waals surface area contributed by atoms with Crippen molar-refractivity contribution in [2.24, 2.45) is 0 Å². The van der Waals surface area contributed by atoms with Crippen molar-refractivity contribution in [3.8, 4) is 0 Å². The maximum absolute atomic E-state index is 12.9. The van der Waals surface area contributed by atoms with Gasteiger partial charge in [0.05, 0.1) is 0 Å². The highest BCUT2D eigenvalue weighted by molar-refractivity contribution is 6.06. The van der Waals surface area contributed by atoms with Crippen molar-refractivity contribution in [1.29, 1.82) is 0 Å². The van der Waals surface area contributed by atoms with Crippen LogP contribution in [0.3, 0.4) is 0 Å². The molecule has 1 aromatic heterocycles. The predicted octanol–water partition coefficient (Wildman–Crippen LogP) is 2.48. The lowest BCUT2D eigenvalue weighted by molar-refractivity contribution is 0.0742. The van der Waals surface area contributed by atoms with Crippen LogP contribution in [0.2, 0.25) is 0 Å². The first-order valence-corrected chi connectivity index (χ1v) is 7.81. The quantitative estimate of drug-likeness (QED) is 0.873. The fraction of sp³-hybridized carbons (Fsp3) is 0.471. The second kappa shape index (κ2) is 4.88. The van der Waals surface area contributed by atoms with Crippen LogP contribution in [0.25, 0.3) is 10.9 Å². The first kappa shape index (κ1) is 12.9. The van der Waals surface area contributed by atoms with Crippen molar-refractivity contribution in [3.05, 3.63) is 36.0 Å². The smallest absolute Gasteiger partial charge is 0.254 e. The fourth-order valence-corrected chi connectivity index (χ4v) is 3.94. The van der Waals surface area contributed by atoms with Crippen LogP contribution in [0.4, 0.5) is 0 Å². The standard InChI is InChI=1S/C17H21N3O/c1-19-12-5-6-13(19)11-20(10-8-12)17(21)15-3-2-4-16-14(15)7-9-18-16/h2-4,7,9,12-13,18H,5-6,8,10-11H2,1H3. The zero-order valence-corrected chi connectivity index (χ0v) is 12.4. The van der Waals surface area contributed by atoms with Gasteiger partial charge in [-0.05, 0) is 44.5 Å². The number of aromatic amines is 1. The van der Waals surface area contributed by atoms with Gasteiger partial charge in [0.2, 0.25) is 0 Å². The van der Waals surface area contributed by atoms with Gasteiger partial charge in [-0.15, -0.1) is 0 Å². The summed E-state index contributed by atoms with van der Waals surface area (Å²) in [6.45, 7) is 1.75. The Balaban J connectivity index is 1.64. The number of likely N-dealkylation sites (tertiary alicyclic amines) is 1. The number of H-pyrrole nitrogens is 1. The summed E-state index contributed by atoms with van der Waals surface area (Å²) in [5, 5.41) is 1.03. The number of benzene rings is 1. The van der Waals surface area contributed by atoms with E-state index in [0.29, 0.717) is 12.1 Å². The first-order valence-electron chi connectivity index (χ1n) is 7.81. The van der Waals surface area contributed by atoms with E-state index < -0.39 is 0 Å². The Labute approximate surface area is 124 Å². The summed E-state index contributed by atoms with van der Waals surface area (Å²) >= 11 is 0. The zero-order chi connectivity index (χ0) is 14.4. The lowest BCUT2D eigenvalue weighted by Gasteiger charge is -2.26. The number of hydrogen-bond donors (Lipinski definition) is 1. The average Bonchev–Trinajstić information content (AvgIpc) is 3.03. The van der Waals surface area contributed by atoms with E-state index in [4.69, 9.17) is 0 Å². The largest absolute Gasteiger partial charge is 0.361 e. The summed E-state index contributed by atoms with van der Waals surface area (Å²) in [7, 11) is 2.21. The number of rotatable bonds is 1. The summed E-state index contributed by atoms with van der Waals surface area (Å²) in [5.74, 6) is 0.182. The van der Waals surface area contributed by atoms with Gasteiger partial charge in [-0.1, -0.05) is 6.07 Å². The number of hydrogen-bond acceptors (Lipinski definition) is 2. The Bertz CT molecular complexity index is 677. The van der Waals surface area contributed by atoms with Crippen LogP contribution in [0.5, 0.6) is 0 Å². The number of nitrogens with zero attached hydrogens (tertiary/aromatic N) is 2. The number of carbonyl (C=O) groups is 1. The molecule has 110 valence electrons. The molecule has 1 N–H and O–H groups in total. The van der Waals surface area contributed by atoms with Crippen LogP contribution in [-0.2, 0) is 0 Å². The Hall–Kier alpha value is -1.81. The summed E-state index contributed by atoms with van der Waals surface area (Å²) < 4.78 is 0. The number of likely N-dealkylation sites (N-methyl/N-ethyl adjacent to an activating group) is 1. The minimum absolute atomic E-state index is 0.182. The molecule has 0 spiro atoms. The zero-order valence-electron chi connectivity index (χ0n) is 12.4. The molecular weight excluding hydrogens is 262 g/mol. The topological polar surface area (TPSA) is 39.3 Å². The van der Waals surface area contributed by atoms with Crippen molar-refractivity contribution in [3.63, 3.8) is 0 Å². The van der Waals surface area contributed by atoms with Crippen LogP contribution in [-0.4, -0.2) is 52.9 Å². The third-order valence-corrected chi connectivity index (χ3v) is 5.26. The Morgan fingerprint density at radius 2 is 2.05 bits per heavy atom. The minimum Gasteiger partial charge on any atom is -0.361 e. The molecule has 2 atom stereocenters. The summed E-state index contributed by atoms with van der Waals surface area (Å²) in [4.78, 5) is 20.7. The molecule has 2 saturated heterocycles. The molecule has 4 nitrogen and oxygen atoms in total. The second-order valence-corrected chi connectivity index (χ2v) is 6.33. The number of amides is 1. The van der Waals surface area contributed by atoms with Crippen molar-refractivity contribution in [2.75, 3.05) is 20.1 Å². The van der Waals surface area contributed by atoms with Gasteiger partial charge >= 0.3 is 0 Å². The van der Waals surface area contributed by atoms with Crippen molar-refractivity contribution in [2.45, 2.75) is 31.3 Å². The van der Waals surface area contributed by atoms with E-state index in [1.165, 1.54) is 12.8 Å². The van der Waals surface area contributed by atoms with Gasteiger partial charge in [-0.2, -0.15) is 0 Å². The molecule has 3 heterocycles. The molecule has 4 rings (SSSR count). The first-order chi connectivity index (χ1) is 10.2. The van der Waals surface area contributed by atoms with E-state index in [1.807, 2.05) is 30.5 Å². The molecular formula is C17H21N3O. The Morgan fingerprint density at radius 1 is 1.19 bits per heavy atom.